The Hall–Kier alpha value is -2.54. The predicted molar refractivity (Wildman–Crippen MR) is 87.2 cm³/mol. The highest BCUT2D eigenvalue weighted by molar-refractivity contribution is 5.90. The van der Waals surface area contributed by atoms with Gasteiger partial charge >= 0.3 is 11.9 Å². The summed E-state index contributed by atoms with van der Waals surface area (Å²) in [4.78, 5) is 28.0. The van der Waals surface area contributed by atoms with Crippen molar-refractivity contribution >= 4 is 22.8 Å². The SMILES string of the molecule is COc1ccc2[nH]cc([C@H](C(=O)O)N3CCC[C@@H](C(=O)O)C3)c2c1. The van der Waals surface area contributed by atoms with Gasteiger partial charge in [-0.25, -0.2) is 0 Å². The molecule has 7 nitrogen and oxygen atoms in total. The maximum absolute atomic E-state index is 11.9. The number of fused-ring (bicyclic) bond motifs is 1. The van der Waals surface area contributed by atoms with Crippen LogP contribution in [-0.2, 0) is 9.59 Å². The molecule has 0 amide bonds. The van der Waals surface area contributed by atoms with Crippen molar-refractivity contribution < 1.29 is 24.5 Å². The van der Waals surface area contributed by atoms with Crippen LogP contribution in [0.3, 0.4) is 0 Å². The average Bonchev–Trinajstić information content (AvgIpc) is 2.98. The normalized spacial score (nSPS) is 20.0. The Labute approximate surface area is 138 Å². The van der Waals surface area contributed by atoms with Gasteiger partial charge in [-0.2, -0.15) is 0 Å². The van der Waals surface area contributed by atoms with E-state index in [1.165, 1.54) is 0 Å². The van der Waals surface area contributed by atoms with Gasteiger partial charge in [0.15, 0.2) is 0 Å². The first-order valence-corrected chi connectivity index (χ1v) is 7.86. The van der Waals surface area contributed by atoms with Gasteiger partial charge in [0.25, 0.3) is 0 Å². The van der Waals surface area contributed by atoms with Crippen LogP contribution in [0.15, 0.2) is 24.4 Å². The number of carbonyl (C=O) groups is 2. The van der Waals surface area contributed by atoms with Crippen LogP contribution in [0.1, 0.15) is 24.4 Å². The van der Waals surface area contributed by atoms with Gasteiger partial charge in [-0.1, -0.05) is 0 Å². The highest BCUT2D eigenvalue weighted by Gasteiger charge is 2.35. The van der Waals surface area contributed by atoms with Gasteiger partial charge in [0.2, 0.25) is 0 Å². The third kappa shape index (κ3) is 2.94. The van der Waals surface area contributed by atoms with E-state index in [0.717, 1.165) is 10.9 Å². The lowest BCUT2D eigenvalue weighted by atomic mass is 9.94. The minimum atomic E-state index is -0.982. The number of nitrogens with one attached hydrogen (secondary N) is 1. The quantitative estimate of drug-likeness (QED) is 0.775. The summed E-state index contributed by atoms with van der Waals surface area (Å²) < 4.78 is 5.23. The Morgan fingerprint density at radius 3 is 2.83 bits per heavy atom. The summed E-state index contributed by atoms with van der Waals surface area (Å²) in [6, 6.07) is 4.57. The summed E-state index contributed by atoms with van der Waals surface area (Å²) in [6.07, 6.45) is 2.94. The Bertz CT molecular complexity index is 769. The number of carboxylic acid groups (broad SMARTS) is 2. The number of ether oxygens (including phenoxy) is 1. The summed E-state index contributed by atoms with van der Waals surface area (Å²) in [6.45, 7) is 0.806. The molecule has 1 saturated heterocycles. The molecule has 1 fully saturated rings. The Kier molecular flexibility index (Phi) is 4.44. The standard InChI is InChI=1S/C17H20N2O5/c1-24-11-4-5-14-12(7-11)13(8-18-14)15(17(22)23)19-6-2-3-10(9-19)16(20)21/h4-5,7-8,10,15,18H,2-3,6,9H2,1H3,(H,20,21)(H,22,23)/t10-,15-/m1/s1. The van der Waals surface area contributed by atoms with Gasteiger partial charge < -0.3 is 19.9 Å². The van der Waals surface area contributed by atoms with Crippen molar-refractivity contribution in [2.75, 3.05) is 20.2 Å². The fourth-order valence-electron chi connectivity index (χ4n) is 3.40. The van der Waals surface area contributed by atoms with Crippen LogP contribution in [0.5, 0.6) is 5.75 Å². The van der Waals surface area contributed by atoms with Crippen molar-refractivity contribution in [2.24, 2.45) is 5.92 Å². The fraction of sp³-hybridized carbons (Fsp3) is 0.412. The lowest BCUT2D eigenvalue weighted by Gasteiger charge is -2.34. The molecule has 1 aromatic heterocycles. The Balaban J connectivity index is 1.99. The first-order valence-electron chi connectivity index (χ1n) is 7.86. The predicted octanol–water partition coefficient (Wildman–Crippen LogP) is 2.10. The molecular formula is C17H20N2O5. The lowest BCUT2D eigenvalue weighted by molar-refractivity contribution is -0.149. The molecule has 128 valence electrons. The van der Waals surface area contributed by atoms with Crippen molar-refractivity contribution in [3.8, 4) is 5.75 Å². The molecule has 1 aliphatic rings. The number of aromatic nitrogens is 1. The first kappa shape index (κ1) is 16.3. The molecule has 0 bridgehead atoms. The van der Waals surface area contributed by atoms with Crippen LogP contribution in [0, 0.1) is 5.92 Å². The molecule has 7 heteroatoms. The van der Waals surface area contributed by atoms with Gasteiger partial charge in [0.05, 0.1) is 13.0 Å². The number of carboxylic acids is 2. The second kappa shape index (κ2) is 6.52. The molecule has 0 radical (unpaired) electrons. The van der Waals surface area contributed by atoms with E-state index in [0.29, 0.717) is 30.7 Å². The topological polar surface area (TPSA) is 103 Å². The molecule has 0 unspecified atom stereocenters. The third-order valence-electron chi connectivity index (χ3n) is 4.62. The smallest absolute Gasteiger partial charge is 0.325 e. The van der Waals surface area contributed by atoms with Crippen LogP contribution in [-0.4, -0.2) is 52.2 Å². The minimum absolute atomic E-state index is 0.239. The highest BCUT2D eigenvalue weighted by Crippen LogP contribution is 2.33. The van der Waals surface area contributed by atoms with Gasteiger partial charge in [-0.05, 0) is 37.6 Å². The zero-order valence-corrected chi connectivity index (χ0v) is 13.4. The number of hydrogen-bond donors (Lipinski definition) is 3. The Morgan fingerprint density at radius 1 is 1.38 bits per heavy atom. The van der Waals surface area contributed by atoms with Crippen LogP contribution in [0.2, 0.25) is 0 Å². The van der Waals surface area contributed by atoms with Crippen molar-refractivity contribution in [2.45, 2.75) is 18.9 Å². The van der Waals surface area contributed by atoms with E-state index >= 15 is 0 Å². The summed E-state index contributed by atoms with van der Waals surface area (Å²) in [7, 11) is 1.56. The van der Waals surface area contributed by atoms with Crippen molar-refractivity contribution in [3.63, 3.8) is 0 Å². The zero-order chi connectivity index (χ0) is 17.3. The van der Waals surface area contributed by atoms with E-state index in [1.807, 2.05) is 6.07 Å². The monoisotopic (exact) mass is 332 g/mol. The number of nitrogens with zero attached hydrogens (tertiary/aromatic N) is 1. The fourth-order valence-corrected chi connectivity index (χ4v) is 3.40. The first-order chi connectivity index (χ1) is 11.5. The van der Waals surface area contributed by atoms with E-state index in [9.17, 15) is 19.8 Å². The largest absolute Gasteiger partial charge is 0.497 e. The molecule has 0 saturated carbocycles. The summed E-state index contributed by atoms with van der Waals surface area (Å²) in [5.74, 6) is -1.73. The number of benzene rings is 1. The third-order valence-corrected chi connectivity index (χ3v) is 4.62. The molecule has 0 aliphatic carbocycles. The van der Waals surface area contributed by atoms with E-state index in [2.05, 4.69) is 4.98 Å². The van der Waals surface area contributed by atoms with Gasteiger partial charge in [-0.15, -0.1) is 0 Å². The number of likely N-dealkylation sites (tertiary alicyclic amines) is 1. The number of methoxy groups -OCH3 is 1. The summed E-state index contributed by atoms with van der Waals surface area (Å²) in [5, 5.41) is 19.8. The summed E-state index contributed by atoms with van der Waals surface area (Å²) in [5.41, 5.74) is 1.45. The molecule has 2 aromatic rings. The molecule has 0 spiro atoms. The van der Waals surface area contributed by atoms with E-state index in [-0.39, 0.29) is 6.54 Å². The molecule has 3 rings (SSSR count). The van der Waals surface area contributed by atoms with Crippen LogP contribution < -0.4 is 4.74 Å². The molecule has 2 atom stereocenters. The number of rotatable bonds is 5. The van der Waals surface area contributed by atoms with Crippen LogP contribution >= 0.6 is 0 Å². The van der Waals surface area contributed by atoms with Gasteiger partial charge in [0, 0.05) is 29.2 Å². The van der Waals surface area contributed by atoms with Gasteiger partial charge in [-0.3, -0.25) is 14.5 Å². The highest BCUT2D eigenvalue weighted by atomic mass is 16.5. The van der Waals surface area contributed by atoms with E-state index in [1.54, 1.807) is 30.3 Å². The number of H-pyrrole nitrogens is 1. The van der Waals surface area contributed by atoms with Gasteiger partial charge in [0.1, 0.15) is 11.8 Å². The molecule has 1 aromatic carbocycles. The number of aromatic amines is 1. The van der Waals surface area contributed by atoms with E-state index < -0.39 is 23.9 Å². The second-order valence-corrected chi connectivity index (χ2v) is 6.07. The van der Waals surface area contributed by atoms with Crippen LogP contribution in [0.4, 0.5) is 0 Å². The molecule has 24 heavy (non-hydrogen) atoms. The van der Waals surface area contributed by atoms with Crippen molar-refractivity contribution in [3.05, 3.63) is 30.0 Å². The van der Waals surface area contributed by atoms with Crippen LogP contribution in [0.25, 0.3) is 10.9 Å². The second-order valence-electron chi connectivity index (χ2n) is 6.07. The van der Waals surface area contributed by atoms with Crippen molar-refractivity contribution in [1.29, 1.82) is 0 Å². The number of hydrogen-bond acceptors (Lipinski definition) is 4. The number of piperidine rings is 1. The maximum Gasteiger partial charge on any atom is 0.325 e. The van der Waals surface area contributed by atoms with Crippen molar-refractivity contribution in [1.82, 2.24) is 9.88 Å². The maximum atomic E-state index is 11.9. The lowest BCUT2D eigenvalue weighted by Crippen LogP contribution is -2.43. The molecular weight excluding hydrogens is 312 g/mol. The molecule has 2 heterocycles. The number of aliphatic carboxylic acids is 2. The Morgan fingerprint density at radius 2 is 2.17 bits per heavy atom. The molecule has 1 aliphatic heterocycles. The minimum Gasteiger partial charge on any atom is -0.497 e. The zero-order valence-electron chi connectivity index (χ0n) is 13.4. The molecule has 3 N–H and O–H groups in total. The average molecular weight is 332 g/mol. The van der Waals surface area contributed by atoms with E-state index in [4.69, 9.17) is 4.74 Å². The summed E-state index contributed by atoms with van der Waals surface area (Å²) >= 11 is 0.